The lowest BCUT2D eigenvalue weighted by molar-refractivity contribution is -0.151. The molecule has 3 aromatic carbocycles. The van der Waals surface area contributed by atoms with Crippen LogP contribution in [0, 0.1) is 0 Å². The molecular weight excluding hydrogens is 1470 g/mol. The molecule has 3 saturated heterocycles. The molecule has 112 heavy (non-hydrogen) atoms. The van der Waals surface area contributed by atoms with E-state index in [1.165, 1.54) is 83.0 Å². The van der Waals surface area contributed by atoms with E-state index in [4.69, 9.17) is 39.0 Å². The van der Waals surface area contributed by atoms with Crippen LogP contribution in [0.2, 0.25) is 0 Å². The van der Waals surface area contributed by atoms with Crippen molar-refractivity contribution in [2.45, 2.75) is 237 Å². The molecule has 3 aliphatic heterocycles. The number of aliphatic hydroxyl groups is 2. The van der Waals surface area contributed by atoms with Gasteiger partial charge in [-0.05, 0) is 212 Å². The highest BCUT2D eigenvalue weighted by molar-refractivity contribution is 9.10. The Balaban J connectivity index is 0.000000180. The van der Waals surface area contributed by atoms with Gasteiger partial charge < -0.3 is 49.2 Å². The Bertz CT molecular complexity index is 4080. The number of pyridine rings is 3. The van der Waals surface area contributed by atoms with E-state index < -0.39 is 10.9 Å². The molecular formula is C92H132BrN9O10. The first-order valence-electron chi connectivity index (χ1n) is 41.6. The third kappa shape index (κ3) is 23.0. The van der Waals surface area contributed by atoms with Crippen LogP contribution in [0.5, 0.6) is 0 Å². The zero-order chi connectivity index (χ0) is 81.2. The molecule has 6 aliphatic rings. The summed E-state index contributed by atoms with van der Waals surface area (Å²) < 4.78 is 19.9. The van der Waals surface area contributed by atoms with Crippen LogP contribution in [0.25, 0.3) is 33.8 Å². The second-order valence-electron chi connectivity index (χ2n) is 34.9. The van der Waals surface area contributed by atoms with Gasteiger partial charge in [-0.15, -0.1) is 0 Å². The molecule has 0 bridgehead atoms. The van der Waals surface area contributed by atoms with Crippen molar-refractivity contribution in [1.29, 1.82) is 0 Å². The number of benzene rings is 3. The van der Waals surface area contributed by atoms with Crippen molar-refractivity contribution in [3.05, 3.63) is 143 Å². The normalized spacial score (nSPS) is 19.3. The van der Waals surface area contributed by atoms with Crippen LogP contribution < -0.4 is 20.0 Å². The molecule has 6 heterocycles. The number of alkyl halides is 1. The molecule has 612 valence electrons. The number of nitrogens with zero attached hydrogens (tertiary/aromatic N) is 8. The fourth-order valence-corrected chi connectivity index (χ4v) is 17.1. The second kappa shape index (κ2) is 39.8. The van der Waals surface area contributed by atoms with E-state index in [1.807, 2.05) is 0 Å². The van der Waals surface area contributed by atoms with Crippen molar-refractivity contribution in [3.63, 3.8) is 0 Å². The Hall–Kier alpha value is -7.33. The third-order valence-corrected chi connectivity index (χ3v) is 25.0. The summed E-state index contributed by atoms with van der Waals surface area (Å²) in [6, 6.07) is 39.6. The number of hydrogen-bond donors (Lipinski definition) is 3. The smallest absolute Gasteiger partial charge is 0.323 e. The number of aromatic nitrogens is 3. The fraction of sp³-hybridized carbons (Fsp3) is 0.598. The number of carbonyl (C=O) groups is 4. The summed E-state index contributed by atoms with van der Waals surface area (Å²) in [7, 11) is 0. The largest absolute Gasteiger partial charge is 0.466 e. The second-order valence-corrected chi connectivity index (χ2v) is 36.0. The topological polar surface area (TPSA) is 213 Å². The van der Waals surface area contributed by atoms with Gasteiger partial charge in [-0.2, -0.15) is 0 Å². The molecule has 0 radical (unpaired) electrons. The Morgan fingerprint density at radius 2 is 0.759 bits per heavy atom. The number of esters is 4. The minimum absolute atomic E-state index is 0.140. The van der Waals surface area contributed by atoms with E-state index in [-0.39, 0.29) is 88.5 Å². The summed E-state index contributed by atoms with van der Waals surface area (Å²) >= 11 is 3.14. The van der Waals surface area contributed by atoms with Gasteiger partial charge in [-0.25, -0.2) is 15.0 Å². The van der Waals surface area contributed by atoms with Crippen molar-refractivity contribution in [3.8, 4) is 33.8 Å². The summed E-state index contributed by atoms with van der Waals surface area (Å²) in [5.74, 6) is 1.90. The molecule has 3 aliphatic carbocycles. The average Bonchev–Trinajstić information content (AvgIpc) is 0.762. The summed E-state index contributed by atoms with van der Waals surface area (Å²) in [4.78, 5) is 72.9. The maximum Gasteiger partial charge on any atom is 0.323 e. The highest BCUT2D eigenvalue weighted by Crippen LogP contribution is 2.50. The molecule has 3 atom stereocenters. The van der Waals surface area contributed by atoms with E-state index >= 15 is 0 Å². The molecule has 12 rings (SSSR count). The number of ether oxygens (including phenoxy) is 4. The number of hydrogen-bond acceptors (Lipinski definition) is 19. The third-order valence-electron chi connectivity index (χ3n) is 24.2. The molecule has 3 unspecified atom stereocenters. The van der Waals surface area contributed by atoms with Crippen molar-refractivity contribution < 1.29 is 48.3 Å². The standard InChI is InChI=1S/C32H45N3O4.C28H41N3O2.C23H31N3.C9H15BrO4/c1-7-38-29(36)15-14-27(30(37)39-8-2)34-18-20-35(21-19-34)28-11-9-10-26(33-28)23-12-13-24-25(22-23)32(5,6)17-16-31(24,3)4;1-27(2)12-13-28(3,4)24-19-21(10-11-23(24)27)25-8-5-9-26(29-25)31-16-14-30(15-17-31)22(20-33)7-6-18-32;1-22(2)10-11-23(3,4)19-16-17(8-9-18(19)22)20-6-5-7-21(25-20)26-14-12-24-13-15-26;1-3-13-8(11)6-5-7(10)9(12)14-4-2/h9-13,22,27H,7-8,14-21H2,1-6H3;5,8-11,19,22,32-33H,6-7,12-18,20H2,1-4H3;5-9,16,24H,10-15H2,1-4H3;7H,3-6H2,1-2H3. The van der Waals surface area contributed by atoms with Gasteiger partial charge in [0, 0.05) is 121 Å². The van der Waals surface area contributed by atoms with Crippen molar-refractivity contribution >= 4 is 57.3 Å². The first-order chi connectivity index (χ1) is 53.3. The lowest BCUT2D eigenvalue weighted by Crippen LogP contribution is -2.53. The van der Waals surface area contributed by atoms with Crippen LogP contribution in [-0.2, 0) is 70.6 Å². The lowest BCUT2D eigenvalue weighted by Gasteiger charge is -2.42. The predicted octanol–water partition coefficient (Wildman–Crippen LogP) is 16.0. The monoisotopic (exact) mass is 1600 g/mol. The summed E-state index contributed by atoms with van der Waals surface area (Å²) in [5.41, 5.74) is 16.8. The van der Waals surface area contributed by atoms with E-state index in [2.05, 4.69) is 238 Å². The van der Waals surface area contributed by atoms with Crippen molar-refractivity contribution in [2.24, 2.45) is 0 Å². The summed E-state index contributed by atoms with van der Waals surface area (Å²) in [6.07, 6.45) is 10.1. The van der Waals surface area contributed by atoms with Gasteiger partial charge in [0.15, 0.2) is 0 Å². The first-order valence-corrected chi connectivity index (χ1v) is 42.5. The Morgan fingerprint density at radius 1 is 0.420 bits per heavy atom. The molecule has 20 heteroatoms. The van der Waals surface area contributed by atoms with Gasteiger partial charge in [0.1, 0.15) is 28.3 Å². The van der Waals surface area contributed by atoms with E-state index in [0.717, 1.165) is 118 Å². The molecule has 3 fully saturated rings. The summed E-state index contributed by atoms with van der Waals surface area (Å²) in [5, 5.41) is 22.3. The highest BCUT2D eigenvalue weighted by atomic mass is 79.9. The highest BCUT2D eigenvalue weighted by Gasteiger charge is 2.41. The van der Waals surface area contributed by atoms with Gasteiger partial charge >= 0.3 is 23.9 Å². The number of fused-ring (bicyclic) bond motifs is 3. The van der Waals surface area contributed by atoms with Crippen LogP contribution in [0.1, 0.15) is 221 Å². The number of aliphatic hydroxyl groups excluding tert-OH is 2. The minimum atomic E-state index is -0.445. The SMILES string of the molecule is CC1(C)CCC(C)(C)c2cc(-c3cccc(N4CCN(C(CO)CCCO)CC4)n3)ccc21.CC1(C)CCC(C)(C)c2cc(-c3cccc(N4CCNCC4)n3)ccc21.CCOC(=O)CCC(Br)C(=O)OCC.CCOC(=O)CCC(C(=O)OCC)N1CCN(c2cccc(-c3ccc4c(c3)C(C)(C)CCC4(C)C)n2)CC1. The molecule has 0 saturated carbocycles. The number of halogens is 1. The molecule has 0 spiro atoms. The lowest BCUT2D eigenvalue weighted by atomic mass is 9.63. The van der Waals surface area contributed by atoms with E-state index in [0.29, 0.717) is 52.4 Å². The number of anilines is 3. The van der Waals surface area contributed by atoms with Gasteiger partial charge in [0.05, 0.1) is 50.1 Å². The predicted molar refractivity (Wildman–Crippen MR) is 456 cm³/mol. The van der Waals surface area contributed by atoms with Crippen molar-refractivity contribution in [2.75, 3.05) is 133 Å². The van der Waals surface area contributed by atoms with Gasteiger partial charge in [-0.1, -0.05) is 154 Å². The molecule has 3 N–H and O–H groups in total. The number of piperazine rings is 3. The molecule has 19 nitrogen and oxygen atoms in total. The Morgan fingerprint density at radius 3 is 1.12 bits per heavy atom. The van der Waals surface area contributed by atoms with E-state index in [1.54, 1.807) is 27.7 Å². The van der Waals surface area contributed by atoms with E-state index in [9.17, 15) is 24.3 Å². The zero-order valence-corrected chi connectivity index (χ0v) is 72.0. The van der Waals surface area contributed by atoms with Crippen LogP contribution in [0.3, 0.4) is 0 Å². The first kappa shape index (κ1) is 88.6. The molecule has 0 amide bonds. The van der Waals surface area contributed by atoms with Gasteiger partial charge in [0.25, 0.3) is 0 Å². The number of carbonyl (C=O) groups excluding carboxylic acids is 4. The van der Waals surface area contributed by atoms with Crippen LogP contribution >= 0.6 is 15.9 Å². The van der Waals surface area contributed by atoms with Gasteiger partial charge in [-0.3, -0.25) is 29.0 Å². The Labute approximate surface area is 678 Å². The van der Waals surface area contributed by atoms with Crippen LogP contribution in [0.4, 0.5) is 17.5 Å². The average molecular weight is 1600 g/mol. The molecule has 6 aromatic rings. The van der Waals surface area contributed by atoms with Crippen LogP contribution in [0.15, 0.2) is 109 Å². The zero-order valence-electron chi connectivity index (χ0n) is 70.5. The quantitative estimate of drug-likeness (QED) is 0.0292. The fourth-order valence-electron chi connectivity index (χ4n) is 16.7. The molecule has 3 aromatic heterocycles. The minimum Gasteiger partial charge on any atom is -0.466 e. The van der Waals surface area contributed by atoms with Crippen LogP contribution in [-0.4, -0.2) is 194 Å². The maximum absolute atomic E-state index is 12.7. The Kier molecular flexibility index (Phi) is 31.5. The number of rotatable bonds is 24. The maximum atomic E-state index is 12.7. The van der Waals surface area contributed by atoms with Gasteiger partial charge in [0.2, 0.25) is 0 Å². The van der Waals surface area contributed by atoms with Crippen molar-refractivity contribution in [1.82, 2.24) is 30.1 Å². The summed E-state index contributed by atoms with van der Waals surface area (Å²) in [6.45, 7) is 47.8. The number of nitrogens with one attached hydrogen (secondary N) is 1.